The number of hydrogen-bond donors (Lipinski definition) is 2. The van der Waals surface area contributed by atoms with Crippen LogP contribution >= 0.6 is 0 Å². The van der Waals surface area contributed by atoms with Crippen LogP contribution < -0.4 is 10.6 Å². The average Bonchev–Trinajstić information content (AvgIpc) is 3.02. The van der Waals surface area contributed by atoms with Gasteiger partial charge in [0.1, 0.15) is 17.5 Å². The van der Waals surface area contributed by atoms with E-state index in [1.165, 1.54) is 37.8 Å². The first-order chi connectivity index (χ1) is 15.4. The molecule has 8 heteroatoms. The second-order valence-corrected chi connectivity index (χ2v) is 8.46. The van der Waals surface area contributed by atoms with Gasteiger partial charge in [-0.2, -0.15) is 0 Å². The van der Waals surface area contributed by atoms with Crippen molar-refractivity contribution in [3.63, 3.8) is 0 Å². The van der Waals surface area contributed by atoms with Gasteiger partial charge in [0, 0.05) is 11.6 Å². The van der Waals surface area contributed by atoms with Gasteiger partial charge in [-0.3, -0.25) is 0 Å². The fourth-order valence-electron chi connectivity index (χ4n) is 4.32. The Morgan fingerprint density at radius 1 is 1.03 bits per heavy atom. The smallest absolute Gasteiger partial charge is 0.266 e. The SMILES string of the molecule is Cc1nc(N[C@H](C)c2cccc(C(F)F)c2F)c2cc(NC3CCCCCC3)cnc2n1. The summed E-state index contributed by atoms with van der Waals surface area (Å²) < 4.78 is 40.9. The lowest BCUT2D eigenvalue weighted by Gasteiger charge is -2.20. The van der Waals surface area contributed by atoms with E-state index in [2.05, 4.69) is 25.6 Å². The van der Waals surface area contributed by atoms with Crippen molar-refractivity contribution in [1.29, 1.82) is 0 Å². The highest BCUT2D eigenvalue weighted by Crippen LogP contribution is 2.31. The summed E-state index contributed by atoms with van der Waals surface area (Å²) in [5.74, 6) is 0.122. The Morgan fingerprint density at radius 2 is 1.75 bits per heavy atom. The van der Waals surface area contributed by atoms with Crippen LogP contribution in [0.3, 0.4) is 0 Å². The van der Waals surface area contributed by atoms with E-state index in [4.69, 9.17) is 0 Å². The number of nitrogens with zero attached hydrogens (tertiary/aromatic N) is 3. The molecule has 2 N–H and O–H groups in total. The van der Waals surface area contributed by atoms with Gasteiger partial charge in [0.05, 0.1) is 28.9 Å². The molecule has 1 aliphatic rings. The van der Waals surface area contributed by atoms with Gasteiger partial charge in [-0.15, -0.1) is 0 Å². The van der Waals surface area contributed by atoms with E-state index in [0.29, 0.717) is 28.7 Å². The molecule has 0 saturated heterocycles. The lowest BCUT2D eigenvalue weighted by Crippen LogP contribution is -2.18. The normalized spacial score (nSPS) is 16.2. The summed E-state index contributed by atoms with van der Waals surface area (Å²) in [6.45, 7) is 3.48. The zero-order valence-electron chi connectivity index (χ0n) is 18.3. The summed E-state index contributed by atoms with van der Waals surface area (Å²) in [5.41, 5.74) is 0.975. The zero-order valence-corrected chi connectivity index (χ0v) is 18.3. The van der Waals surface area contributed by atoms with Gasteiger partial charge in [0.25, 0.3) is 6.43 Å². The van der Waals surface area contributed by atoms with E-state index >= 15 is 0 Å². The number of benzene rings is 1. The van der Waals surface area contributed by atoms with Crippen molar-refractivity contribution in [1.82, 2.24) is 15.0 Å². The Kier molecular flexibility index (Phi) is 6.77. The van der Waals surface area contributed by atoms with Gasteiger partial charge < -0.3 is 10.6 Å². The van der Waals surface area contributed by atoms with Crippen molar-refractivity contribution >= 4 is 22.5 Å². The molecule has 1 fully saturated rings. The molecule has 3 aromatic rings. The number of rotatable bonds is 6. The molecule has 2 heterocycles. The van der Waals surface area contributed by atoms with E-state index in [9.17, 15) is 13.2 Å². The number of anilines is 2. The molecule has 170 valence electrons. The topological polar surface area (TPSA) is 62.7 Å². The van der Waals surface area contributed by atoms with Gasteiger partial charge in [-0.25, -0.2) is 28.1 Å². The lowest BCUT2D eigenvalue weighted by atomic mass is 10.0. The molecular formula is C24H28F3N5. The third-order valence-electron chi connectivity index (χ3n) is 6.00. The molecule has 0 spiro atoms. The minimum atomic E-state index is -2.87. The van der Waals surface area contributed by atoms with Gasteiger partial charge in [-0.05, 0) is 32.8 Å². The highest BCUT2D eigenvalue weighted by Gasteiger charge is 2.21. The Labute approximate surface area is 185 Å². The molecule has 32 heavy (non-hydrogen) atoms. The maximum absolute atomic E-state index is 14.7. The van der Waals surface area contributed by atoms with Crippen LogP contribution in [-0.4, -0.2) is 21.0 Å². The molecule has 0 amide bonds. The molecule has 1 aromatic carbocycles. The molecule has 0 aliphatic heterocycles. The molecular weight excluding hydrogens is 415 g/mol. The summed E-state index contributed by atoms with van der Waals surface area (Å²) in [7, 11) is 0. The van der Waals surface area contributed by atoms with Gasteiger partial charge in [-0.1, -0.05) is 43.9 Å². The van der Waals surface area contributed by atoms with E-state index < -0.39 is 23.8 Å². The van der Waals surface area contributed by atoms with Gasteiger partial charge >= 0.3 is 0 Å². The maximum Gasteiger partial charge on any atom is 0.266 e. The Morgan fingerprint density at radius 3 is 2.47 bits per heavy atom. The molecule has 1 atom stereocenters. The first-order valence-electron chi connectivity index (χ1n) is 11.2. The van der Waals surface area contributed by atoms with Crippen molar-refractivity contribution in [2.75, 3.05) is 10.6 Å². The fourth-order valence-corrected chi connectivity index (χ4v) is 4.32. The largest absolute Gasteiger partial charge is 0.381 e. The summed E-state index contributed by atoms with van der Waals surface area (Å²) in [5, 5.41) is 7.47. The van der Waals surface area contributed by atoms with Gasteiger partial charge in [0.2, 0.25) is 0 Å². The highest BCUT2D eigenvalue weighted by atomic mass is 19.3. The fraction of sp³-hybridized carbons (Fsp3) is 0.458. The van der Waals surface area contributed by atoms with Crippen molar-refractivity contribution < 1.29 is 13.2 Å². The van der Waals surface area contributed by atoms with E-state index in [1.54, 1.807) is 20.0 Å². The first kappa shape index (κ1) is 22.3. The Hall–Kier alpha value is -2.90. The van der Waals surface area contributed by atoms with Crippen molar-refractivity contribution in [2.24, 2.45) is 0 Å². The van der Waals surface area contributed by atoms with Crippen LogP contribution in [-0.2, 0) is 0 Å². The summed E-state index contributed by atoms with van der Waals surface area (Å²) in [4.78, 5) is 13.4. The van der Waals surface area contributed by atoms with Crippen LogP contribution in [0.5, 0.6) is 0 Å². The monoisotopic (exact) mass is 443 g/mol. The minimum absolute atomic E-state index is 0.160. The standard InChI is InChI=1S/C24H28F3N5/c1-14(18-10-7-11-19(21(18)25)22(26)27)29-24-20-12-17(13-28-23(20)30-15(2)31-24)32-16-8-5-3-4-6-9-16/h7,10-14,16,22,32H,3-6,8-9H2,1-2H3,(H,28,29,30,31)/t14-/m1/s1. The second-order valence-electron chi connectivity index (χ2n) is 8.46. The highest BCUT2D eigenvalue weighted by molar-refractivity contribution is 5.89. The van der Waals surface area contributed by atoms with Crippen LogP contribution in [0.2, 0.25) is 0 Å². The Balaban J connectivity index is 1.63. The zero-order chi connectivity index (χ0) is 22.7. The lowest BCUT2D eigenvalue weighted by molar-refractivity contribution is 0.146. The number of fused-ring (bicyclic) bond motifs is 1. The van der Waals surface area contributed by atoms with Crippen LogP contribution in [0, 0.1) is 12.7 Å². The summed E-state index contributed by atoms with van der Waals surface area (Å²) in [6.07, 6.45) is 6.15. The number of hydrogen-bond acceptors (Lipinski definition) is 5. The second kappa shape index (κ2) is 9.71. The molecule has 0 unspecified atom stereocenters. The first-order valence-corrected chi connectivity index (χ1v) is 11.2. The van der Waals surface area contributed by atoms with Crippen molar-refractivity contribution in [2.45, 2.75) is 70.9 Å². The molecule has 0 bridgehead atoms. The Bertz CT molecular complexity index is 1080. The van der Waals surface area contributed by atoms with Crippen LogP contribution in [0.1, 0.15) is 74.9 Å². The van der Waals surface area contributed by atoms with Gasteiger partial charge in [0.15, 0.2) is 5.65 Å². The number of nitrogens with one attached hydrogen (secondary N) is 2. The van der Waals surface area contributed by atoms with E-state index in [1.807, 2.05) is 6.07 Å². The molecule has 1 aliphatic carbocycles. The number of alkyl halides is 2. The third-order valence-corrected chi connectivity index (χ3v) is 6.00. The molecule has 4 rings (SSSR count). The average molecular weight is 444 g/mol. The predicted octanol–water partition coefficient (Wildman–Crippen LogP) is 6.72. The summed E-state index contributed by atoms with van der Waals surface area (Å²) >= 11 is 0. The van der Waals surface area contributed by atoms with Crippen molar-refractivity contribution in [3.05, 3.63) is 53.2 Å². The quantitative estimate of drug-likeness (QED) is 0.414. The van der Waals surface area contributed by atoms with Crippen LogP contribution in [0.25, 0.3) is 11.0 Å². The number of pyridine rings is 1. The maximum atomic E-state index is 14.7. The molecule has 5 nitrogen and oxygen atoms in total. The van der Waals surface area contributed by atoms with E-state index in [-0.39, 0.29) is 5.56 Å². The molecule has 1 saturated carbocycles. The predicted molar refractivity (Wildman–Crippen MR) is 121 cm³/mol. The minimum Gasteiger partial charge on any atom is -0.381 e. The summed E-state index contributed by atoms with van der Waals surface area (Å²) in [6, 6.07) is 5.84. The number of halogens is 3. The van der Waals surface area contributed by atoms with Crippen LogP contribution in [0.4, 0.5) is 24.7 Å². The number of aromatic nitrogens is 3. The van der Waals surface area contributed by atoms with E-state index in [0.717, 1.165) is 24.6 Å². The number of aryl methyl sites for hydroxylation is 1. The molecule has 2 aromatic heterocycles. The third kappa shape index (κ3) is 4.95. The van der Waals surface area contributed by atoms with Crippen molar-refractivity contribution in [3.8, 4) is 0 Å². The molecule has 0 radical (unpaired) electrons. The van der Waals surface area contributed by atoms with Crippen LogP contribution in [0.15, 0.2) is 30.5 Å².